The van der Waals surface area contributed by atoms with Gasteiger partial charge in [0, 0.05) is 6.54 Å². The molecule has 0 amide bonds. The molecule has 19 heavy (non-hydrogen) atoms. The molecule has 110 valence electrons. The number of aromatic nitrogens is 2. The zero-order valence-electron chi connectivity index (χ0n) is 12.6. The third-order valence-corrected chi connectivity index (χ3v) is 3.72. The SMILES string of the molecule is CCCNC(CCN(C)C)c1c(Br)cnn1CCC. The summed E-state index contributed by atoms with van der Waals surface area (Å²) < 4.78 is 3.25. The van der Waals surface area contributed by atoms with E-state index < -0.39 is 0 Å². The van der Waals surface area contributed by atoms with E-state index in [2.05, 4.69) is 63.9 Å². The van der Waals surface area contributed by atoms with Gasteiger partial charge >= 0.3 is 0 Å². The Morgan fingerprint density at radius 3 is 2.68 bits per heavy atom. The summed E-state index contributed by atoms with van der Waals surface area (Å²) in [6.45, 7) is 7.49. The van der Waals surface area contributed by atoms with Gasteiger partial charge in [0.25, 0.3) is 0 Å². The molecule has 0 spiro atoms. The van der Waals surface area contributed by atoms with Gasteiger partial charge < -0.3 is 10.2 Å². The van der Waals surface area contributed by atoms with Gasteiger partial charge in [-0.2, -0.15) is 5.10 Å². The molecule has 0 saturated heterocycles. The highest BCUT2D eigenvalue weighted by Gasteiger charge is 2.19. The van der Waals surface area contributed by atoms with Crippen molar-refractivity contribution in [3.05, 3.63) is 16.4 Å². The molecule has 0 aliphatic heterocycles. The Labute approximate surface area is 125 Å². The number of halogens is 1. The van der Waals surface area contributed by atoms with E-state index in [4.69, 9.17) is 0 Å². The Balaban J connectivity index is 2.84. The Hall–Kier alpha value is -0.390. The van der Waals surface area contributed by atoms with Gasteiger partial charge in [0.05, 0.1) is 22.4 Å². The normalized spacial score (nSPS) is 13.2. The summed E-state index contributed by atoms with van der Waals surface area (Å²) in [5.41, 5.74) is 1.29. The van der Waals surface area contributed by atoms with Gasteiger partial charge in [0.15, 0.2) is 0 Å². The van der Waals surface area contributed by atoms with Gasteiger partial charge in [-0.15, -0.1) is 0 Å². The van der Waals surface area contributed by atoms with Crippen LogP contribution in [-0.4, -0.2) is 41.9 Å². The minimum atomic E-state index is 0.366. The monoisotopic (exact) mass is 330 g/mol. The van der Waals surface area contributed by atoms with E-state index in [1.165, 1.54) is 5.69 Å². The molecule has 0 aromatic carbocycles. The molecule has 1 aromatic rings. The van der Waals surface area contributed by atoms with Gasteiger partial charge in [-0.25, -0.2) is 0 Å². The molecular formula is C14H27BrN4. The molecular weight excluding hydrogens is 304 g/mol. The van der Waals surface area contributed by atoms with Gasteiger partial charge in [0.2, 0.25) is 0 Å². The molecule has 0 fully saturated rings. The highest BCUT2D eigenvalue weighted by Crippen LogP contribution is 2.26. The molecule has 4 nitrogen and oxygen atoms in total. The maximum Gasteiger partial charge on any atom is 0.0696 e. The first-order valence-electron chi connectivity index (χ1n) is 7.19. The van der Waals surface area contributed by atoms with Crippen LogP contribution in [-0.2, 0) is 6.54 Å². The number of nitrogens with one attached hydrogen (secondary N) is 1. The fourth-order valence-corrected chi connectivity index (χ4v) is 2.72. The summed E-state index contributed by atoms with van der Waals surface area (Å²) in [5, 5.41) is 8.13. The molecule has 1 N–H and O–H groups in total. The van der Waals surface area contributed by atoms with Crippen LogP contribution in [0.4, 0.5) is 0 Å². The highest BCUT2D eigenvalue weighted by molar-refractivity contribution is 9.10. The summed E-state index contributed by atoms with van der Waals surface area (Å²) in [7, 11) is 4.24. The number of rotatable bonds is 9. The second-order valence-electron chi connectivity index (χ2n) is 5.20. The van der Waals surface area contributed by atoms with E-state index in [1.54, 1.807) is 0 Å². The second-order valence-corrected chi connectivity index (χ2v) is 6.05. The Kier molecular flexibility index (Phi) is 7.64. The van der Waals surface area contributed by atoms with Crippen molar-refractivity contribution in [1.29, 1.82) is 0 Å². The lowest BCUT2D eigenvalue weighted by molar-refractivity contribution is 0.350. The molecule has 1 heterocycles. The molecule has 0 aliphatic rings. The van der Waals surface area contributed by atoms with Crippen molar-refractivity contribution in [3.8, 4) is 0 Å². The number of hydrogen-bond acceptors (Lipinski definition) is 3. The van der Waals surface area contributed by atoms with Crippen LogP contribution in [0.5, 0.6) is 0 Å². The topological polar surface area (TPSA) is 33.1 Å². The number of hydrogen-bond donors (Lipinski definition) is 1. The Morgan fingerprint density at radius 1 is 1.37 bits per heavy atom. The van der Waals surface area contributed by atoms with Gasteiger partial charge in [-0.05, 0) is 62.4 Å². The predicted octanol–water partition coefficient (Wildman–Crippen LogP) is 3.05. The lowest BCUT2D eigenvalue weighted by Gasteiger charge is -2.22. The fourth-order valence-electron chi connectivity index (χ4n) is 2.15. The van der Waals surface area contributed by atoms with E-state index in [-0.39, 0.29) is 0 Å². The van der Waals surface area contributed by atoms with Crippen molar-refractivity contribution in [3.63, 3.8) is 0 Å². The zero-order chi connectivity index (χ0) is 14.3. The lowest BCUT2D eigenvalue weighted by Crippen LogP contribution is -2.28. The number of aryl methyl sites for hydroxylation is 1. The summed E-state index contributed by atoms with van der Waals surface area (Å²) in [6.07, 6.45) is 5.27. The van der Waals surface area contributed by atoms with E-state index in [9.17, 15) is 0 Å². The molecule has 0 radical (unpaired) electrons. The molecule has 1 aromatic heterocycles. The first-order chi connectivity index (χ1) is 9.10. The van der Waals surface area contributed by atoms with E-state index >= 15 is 0 Å². The smallest absolute Gasteiger partial charge is 0.0696 e. The Morgan fingerprint density at radius 2 is 2.11 bits per heavy atom. The van der Waals surface area contributed by atoms with Crippen LogP contribution in [0.25, 0.3) is 0 Å². The predicted molar refractivity (Wildman–Crippen MR) is 84.4 cm³/mol. The van der Waals surface area contributed by atoms with Crippen molar-refractivity contribution in [2.75, 3.05) is 27.2 Å². The largest absolute Gasteiger partial charge is 0.309 e. The van der Waals surface area contributed by atoms with Crippen LogP contribution in [0, 0.1) is 0 Å². The summed E-state index contributed by atoms with van der Waals surface area (Å²) in [6, 6.07) is 0.366. The fraction of sp³-hybridized carbons (Fsp3) is 0.786. The van der Waals surface area contributed by atoms with E-state index in [0.717, 1.165) is 43.4 Å². The van der Waals surface area contributed by atoms with Crippen LogP contribution in [0.1, 0.15) is 44.8 Å². The lowest BCUT2D eigenvalue weighted by atomic mass is 10.1. The van der Waals surface area contributed by atoms with Crippen LogP contribution < -0.4 is 5.32 Å². The Bertz CT molecular complexity index is 362. The standard InChI is InChI=1S/C14H27BrN4/c1-5-8-16-13(7-10-18(3)4)14-12(15)11-17-19(14)9-6-2/h11,13,16H,5-10H2,1-4H3. The van der Waals surface area contributed by atoms with Crippen LogP contribution in [0.15, 0.2) is 10.7 Å². The van der Waals surface area contributed by atoms with Crippen molar-refractivity contribution in [1.82, 2.24) is 20.0 Å². The maximum absolute atomic E-state index is 4.48. The molecule has 0 bridgehead atoms. The summed E-state index contributed by atoms with van der Waals surface area (Å²) in [5.74, 6) is 0. The molecule has 0 saturated carbocycles. The third-order valence-electron chi connectivity index (χ3n) is 3.10. The van der Waals surface area contributed by atoms with Gasteiger partial charge in [0.1, 0.15) is 0 Å². The average molecular weight is 331 g/mol. The quantitative estimate of drug-likeness (QED) is 0.755. The van der Waals surface area contributed by atoms with E-state index in [0.29, 0.717) is 6.04 Å². The molecule has 1 unspecified atom stereocenters. The number of nitrogens with zero attached hydrogens (tertiary/aromatic N) is 3. The zero-order valence-corrected chi connectivity index (χ0v) is 14.2. The maximum atomic E-state index is 4.48. The van der Waals surface area contributed by atoms with Crippen molar-refractivity contribution >= 4 is 15.9 Å². The average Bonchev–Trinajstić information content (AvgIpc) is 2.72. The highest BCUT2D eigenvalue weighted by atomic mass is 79.9. The van der Waals surface area contributed by atoms with Crippen molar-refractivity contribution in [2.45, 2.75) is 45.7 Å². The van der Waals surface area contributed by atoms with Crippen molar-refractivity contribution < 1.29 is 0 Å². The minimum Gasteiger partial charge on any atom is -0.309 e. The van der Waals surface area contributed by atoms with Crippen LogP contribution >= 0.6 is 15.9 Å². The first kappa shape index (κ1) is 16.7. The van der Waals surface area contributed by atoms with Gasteiger partial charge in [-0.1, -0.05) is 13.8 Å². The second kappa shape index (κ2) is 8.72. The molecule has 1 atom stereocenters. The third kappa shape index (κ3) is 5.24. The molecule has 0 aliphatic carbocycles. The minimum absolute atomic E-state index is 0.366. The van der Waals surface area contributed by atoms with E-state index in [1.807, 2.05) is 6.20 Å². The molecule has 5 heteroatoms. The first-order valence-corrected chi connectivity index (χ1v) is 7.98. The van der Waals surface area contributed by atoms with Crippen LogP contribution in [0.3, 0.4) is 0 Å². The van der Waals surface area contributed by atoms with Crippen molar-refractivity contribution in [2.24, 2.45) is 0 Å². The summed E-state index contributed by atoms with van der Waals surface area (Å²) >= 11 is 3.65. The van der Waals surface area contributed by atoms with Crippen LogP contribution in [0.2, 0.25) is 0 Å². The van der Waals surface area contributed by atoms with Gasteiger partial charge in [-0.3, -0.25) is 4.68 Å². The summed E-state index contributed by atoms with van der Waals surface area (Å²) in [4.78, 5) is 2.23. The molecule has 1 rings (SSSR count).